The summed E-state index contributed by atoms with van der Waals surface area (Å²) in [6.07, 6.45) is 2.69. The highest BCUT2D eigenvalue weighted by atomic mass is 19.4. The third-order valence-electron chi connectivity index (χ3n) is 5.61. The van der Waals surface area contributed by atoms with Crippen molar-refractivity contribution in [2.75, 3.05) is 37.6 Å². The second-order valence-corrected chi connectivity index (χ2v) is 7.56. The maximum Gasteiger partial charge on any atom is 0.416 e. The van der Waals surface area contributed by atoms with Gasteiger partial charge in [-0.05, 0) is 17.7 Å². The normalized spacial score (nSPS) is 16.5. The molecule has 164 valence electrons. The first kappa shape index (κ1) is 21.3. The number of halogens is 3. The Hall–Kier alpha value is -2.98. The van der Waals surface area contributed by atoms with Crippen LogP contribution in [0.4, 0.5) is 19.0 Å². The van der Waals surface area contributed by atoms with Gasteiger partial charge in [0.15, 0.2) is 0 Å². The van der Waals surface area contributed by atoms with Gasteiger partial charge in [-0.1, -0.05) is 12.1 Å². The van der Waals surface area contributed by atoms with E-state index in [0.717, 1.165) is 60.8 Å². The molecule has 3 heterocycles. The topological polar surface area (TPSA) is 76.1 Å². The van der Waals surface area contributed by atoms with Crippen LogP contribution in [0.5, 0.6) is 0 Å². The monoisotopic (exact) mass is 431 g/mol. The SMILES string of the molecule is Cn1cc(-c2cncnc2N2CCN(C(CN)c3ccc(C(F)(F)F)cc3)CC2)cn1. The summed E-state index contributed by atoms with van der Waals surface area (Å²) >= 11 is 0. The van der Waals surface area contributed by atoms with Crippen LogP contribution in [0.25, 0.3) is 11.1 Å². The molecule has 1 unspecified atom stereocenters. The van der Waals surface area contributed by atoms with Crippen molar-refractivity contribution in [1.29, 1.82) is 0 Å². The summed E-state index contributed by atoms with van der Waals surface area (Å²) in [7, 11) is 1.86. The molecule has 1 aliphatic rings. The van der Waals surface area contributed by atoms with Crippen LogP contribution in [-0.2, 0) is 13.2 Å². The molecule has 1 saturated heterocycles. The quantitative estimate of drug-likeness (QED) is 0.670. The number of benzene rings is 1. The first-order valence-electron chi connectivity index (χ1n) is 10.0. The Balaban J connectivity index is 1.47. The van der Waals surface area contributed by atoms with Crippen molar-refractivity contribution in [2.24, 2.45) is 12.8 Å². The molecular weight excluding hydrogens is 407 g/mol. The van der Waals surface area contributed by atoms with E-state index in [4.69, 9.17) is 5.73 Å². The Morgan fingerprint density at radius 1 is 1.06 bits per heavy atom. The van der Waals surface area contributed by atoms with Gasteiger partial charge in [-0.2, -0.15) is 18.3 Å². The highest BCUT2D eigenvalue weighted by Crippen LogP contribution is 2.32. The van der Waals surface area contributed by atoms with Gasteiger partial charge in [0.05, 0.1) is 11.8 Å². The van der Waals surface area contributed by atoms with Gasteiger partial charge in [0.25, 0.3) is 0 Å². The summed E-state index contributed by atoms with van der Waals surface area (Å²) in [5.41, 5.74) is 8.01. The second-order valence-electron chi connectivity index (χ2n) is 7.56. The highest BCUT2D eigenvalue weighted by Gasteiger charge is 2.31. The van der Waals surface area contributed by atoms with Gasteiger partial charge in [-0.3, -0.25) is 9.58 Å². The average Bonchev–Trinajstić information content (AvgIpc) is 3.21. The molecule has 0 aliphatic carbocycles. The maximum absolute atomic E-state index is 12.9. The smallest absolute Gasteiger partial charge is 0.353 e. The number of aryl methyl sites for hydroxylation is 1. The van der Waals surface area contributed by atoms with Crippen LogP contribution >= 0.6 is 0 Å². The number of piperazine rings is 1. The fourth-order valence-electron chi connectivity index (χ4n) is 3.97. The number of aromatic nitrogens is 4. The molecular formula is C21H24F3N7. The van der Waals surface area contributed by atoms with Crippen LogP contribution in [0.15, 0.2) is 49.2 Å². The summed E-state index contributed by atoms with van der Waals surface area (Å²) in [4.78, 5) is 13.1. The van der Waals surface area contributed by atoms with Crippen molar-refractivity contribution >= 4 is 5.82 Å². The predicted octanol–water partition coefficient (Wildman–Crippen LogP) is 2.72. The van der Waals surface area contributed by atoms with E-state index in [1.807, 2.05) is 13.2 Å². The van der Waals surface area contributed by atoms with E-state index in [1.54, 1.807) is 17.1 Å². The molecule has 3 aromatic rings. The van der Waals surface area contributed by atoms with Crippen LogP contribution in [0.2, 0.25) is 0 Å². The van der Waals surface area contributed by atoms with Gasteiger partial charge >= 0.3 is 6.18 Å². The molecule has 7 nitrogen and oxygen atoms in total. The van der Waals surface area contributed by atoms with E-state index in [2.05, 4.69) is 24.9 Å². The minimum absolute atomic E-state index is 0.132. The summed E-state index contributed by atoms with van der Waals surface area (Å²) < 4.78 is 40.3. The minimum Gasteiger partial charge on any atom is -0.353 e. The van der Waals surface area contributed by atoms with E-state index in [0.29, 0.717) is 6.54 Å². The van der Waals surface area contributed by atoms with Crippen LogP contribution in [0, 0.1) is 0 Å². The van der Waals surface area contributed by atoms with Gasteiger partial charge in [0, 0.05) is 69.3 Å². The lowest BCUT2D eigenvalue weighted by Crippen LogP contribution is -2.49. The number of alkyl halides is 3. The van der Waals surface area contributed by atoms with E-state index >= 15 is 0 Å². The molecule has 1 atom stereocenters. The maximum atomic E-state index is 12.9. The molecule has 10 heteroatoms. The molecule has 0 amide bonds. The van der Waals surface area contributed by atoms with E-state index in [1.165, 1.54) is 18.5 Å². The first-order valence-corrected chi connectivity index (χ1v) is 10.0. The van der Waals surface area contributed by atoms with Crippen LogP contribution in [0.1, 0.15) is 17.2 Å². The molecule has 1 aliphatic heterocycles. The van der Waals surface area contributed by atoms with Gasteiger partial charge < -0.3 is 10.6 Å². The predicted molar refractivity (Wildman–Crippen MR) is 111 cm³/mol. The second kappa shape index (κ2) is 8.64. The lowest BCUT2D eigenvalue weighted by atomic mass is 10.0. The van der Waals surface area contributed by atoms with Crippen LogP contribution in [0.3, 0.4) is 0 Å². The molecule has 1 fully saturated rings. The Kier molecular flexibility index (Phi) is 5.92. The number of anilines is 1. The molecule has 2 N–H and O–H groups in total. The van der Waals surface area contributed by atoms with Gasteiger partial charge in [-0.15, -0.1) is 0 Å². The largest absolute Gasteiger partial charge is 0.416 e. The third-order valence-corrected chi connectivity index (χ3v) is 5.61. The van der Waals surface area contributed by atoms with Crippen molar-refractivity contribution < 1.29 is 13.2 Å². The molecule has 4 rings (SSSR count). The molecule has 0 bridgehead atoms. The molecule has 0 saturated carbocycles. The number of nitrogens with zero attached hydrogens (tertiary/aromatic N) is 6. The molecule has 1 aromatic carbocycles. The first-order chi connectivity index (χ1) is 14.9. The molecule has 31 heavy (non-hydrogen) atoms. The number of nitrogens with two attached hydrogens (primary N) is 1. The van der Waals surface area contributed by atoms with E-state index in [-0.39, 0.29) is 6.04 Å². The Morgan fingerprint density at radius 2 is 1.77 bits per heavy atom. The summed E-state index contributed by atoms with van der Waals surface area (Å²) in [5, 5.41) is 4.23. The highest BCUT2D eigenvalue weighted by molar-refractivity contribution is 5.74. The Labute approximate surface area is 178 Å². The van der Waals surface area contributed by atoms with Gasteiger partial charge in [0.1, 0.15) is 12.1 Å². The fraction of sp³-hybridized carbons (Fsp3) is 0.381. The number of hydrogen-bond acceptors (Lipinski definition) is 6. The standard InChI is InChI=1S/C21H24F3N7/c1-29-13-16(11-28-29)18-12-26-14-27-20(18)31-8-6-30(7-9-31)19(10-25)15-2-4-17(5-3-15)21(22,23)24/h2-5,11-14,19H,6-10,25H2,1H3. The minimum atomic E-state index is -4.34. The fourth-order valence-corrected chi connectivity index (χ4v) is 3.97. The number of hydrogen-bond donors (Lipinski definition) is 1. The zero-order valence-electron chi connectivity index (χ0n) is 17.1. The average molecular weight is 431 g/mol. The van der Waals surface area contributed by atoms with Crippen molar-refractivity contribution in [3.63, 3.8) is 0 Å². The third kappa shape index (κ3) is 4.54. The van der Waals surface area contributed by atoms with Crippen LogP contribution < -0.4 is 10.6 Å². The lowest BCUT2D eigenvalue weighted by molar-refractivity contribution is -0.137. The molecule has 0 radical (unpaired) electrons. The van der Waals surface area contributed by atoms with Crippen molar-refractivity contribution in [3.8, 4) is 11.1 Å². The van der Waals surface area contributed by atoms with E-state index < -0.39 is 11.7 Å². The zero-order valence-corrected chi connectivity index (χ0v) is 17.1. The molecule has 2 aromatic heterocycles. The van der Waals surface area contributed by atoms with Crippen molar-refractivity contribution in [3.05, 3.63) is 60.3 Å². The Morgan fingerprint density at radius 3 is 2.35 bits per heavy atom. The van der Waals surface area contributed by atoms with Crippen molar-refractivity contribution in [1.82, 2.24) is 24.6 Å². The van der Waals surface area contributed by atoms with Crippen LogP contribution in [-0.4, -0.2) is 57.4 Å². The number of rotatable bonds is 5. The lowest BCUT2D eigenvalue weighted by Gasteiger charge is -2.40. The van der Waals surface area contributed by atoms with E-state index in [9.17, 15) is 13.2 Å². The van der Waals surface area contributed by atoms with Gasteiger partial charge in [0.2, 0.25) is 0 Å². The summed E-state index contributed by atoms with van der Waals surface area (Å²) in [5.74, 6) is 0.849. The van der Waals surface area contributed by atoms with Crippen molar-refractivity contribution in [2.45, 2.75) is 12.2 Å². The zero-order chi connectivity index (χ0) is 22.0. The molecule has 0 spiro atoms. The Bertz CT molecular complexity index is 1010. The summed E-state index contributed by atoms with van der Waals surface area (Å²) in [6, 6.07) is 5.16. The van der Waals surface area contributed by atoms with Gasteiger partial charge in [-0.25, -0.2) is 9.97 Å². The summed E-state index contributed by atoms with van der Waals surface area (Å²) in [6.45, 7) is 3.22.